The molecule has 0 aromatic heterocycles. The van der Waals surface area contributed by atoms with Crippen LogP contribution in [-0.2, 0) is 19.1 Å². The van der Waals surface area contributed by atoms with Gasteiger partial charge in [0.05, 0.1) is 20.1 Å². The second-order valence-electron chi connectivity index (χ2n) is 2.53. The number of carbonyl (C=O) groups excluding carboxylic acids is 3. The van der Waals surface area contributed by atoms with Crippen molar-refractivity contribution in [1.82, 2.24) is 10.6 Å². The minimum atomic E-state index is -0.444. The maximum Gasteiger partial charge on any atom is 0.306 e. The summed E-state index contributed by atoms with van der Waals surface area (Å²) in [7, 11) is 2.73. The Morgan fingerprint density at radius 2 is 1.62 bits per heavy atom. The minimum Gasteiger partial charge on any atom is -0.469 e. The number of esters is 1. The minimum absolute atomic E-state index is 0.0239. The second kappa shape index (κ2) is 11.5. The number of rotatable bonds is 5. The topological polar surface area (TPSA) is 84.5 Å². The monoisotopic (exact) mass is 232 g/mol. The Bertz CT molecular complexity index is 207. The first kappa shape index (κ1) is 16.8. The quantitative estimate of drug-likeness (QED) is 0.644. The highest BCUT2D eigenvalue weighted by atomic mass is 16.5. The van der Waals surface area contributed by atoms with Crippen LogP contribution in [0.1, 0.15) is 26.7 Å². The predicted molar refractivity (Wildman–Crippen MR) is 59.7 cm³/mol. The van der Waals surface area contributed by atoms with E-state index in [1.807, 2.05) is 13.8 Å². The summed E-state index contributed by atoms with van der Waals surface area (Å²) < 4.78 is 4.35. The number of carbonyl (C=O) groups is 3. The van der Waals surface area contributed by atoms with Crippen molar-refractivity contribution in [3.05, 3.63) is 0 Å². The van der Waals surface area contributed by atoms with Crippen LogP contribution in [0, 0.1) is 0 Å². The predicted octanol–water partition coefficient (Wildman–Crippen LogP) is -0.172. The molecule has 0 atom stereocenters. The highest BCUT2D eigenvalue weighted by Crippen LogP contribution is 1.90. The largest absolute Gasteiger partial charge is 0.469 e. The summed E-state index contributed by atoms with van der Waals surface area (Å²) in [6, 6.07) is 0. The molecule has 0 aliphatic heterocycles. The van der Waals surface area contributed by atoms with Crippen LogP contribution in [0.2, 0.25) is 0 Å². The fraction of sp³-hybridized carbons (Fsp3) is 0.700. The zero-order chi connectivity index (χ0) is 13.0. The van der Waals surface area contributed by atoms with E-state index in [1.54, 1.807) is 0 Å². The van der Waals surface area contributed by atoms with Crippen molar-refractivity contribution in [1.29, 1.82) is 0 Å². The molecule has 0 aliphatic carbocycles. The van der Waals surface area contributed by atoms with Crippen molar-refractivity contribution in [2.45, 2.75) is 26.7 Å². The van der Waals surface area contributed by atoms with Crippen molar-refractivity contribution in [3.63, 3.8) is 0 Å². The molecule has 0 rings (SSSR count). The first-order chi connectivity index (χ1) is 7.60. The molecule has 2 amide bonds. The van der Waals surface area contributed by atoms with E-state index in [-0.39, 0.29) is 31.2 Å². The summed E-state index contributed by atoms with van der Waals surface area (Å²) in [6.07, 6.45) is 0.0553. The third-order valence-corrected chi connectivity index (χ3v) is 1.51. The van der Waals surface area contributed by atoms with Crippen LogP contribution in [0.15, 0.2) is 0 Å². The Balaban J connectivity index is 0. The smallest absolute Gasteiger partial charge is 0.306 e. The summed E-state index contributed by atoms with van der Waals surface area (Å²) >= 11 is 0. The molecule has 6 heteroatoms. The van der Waals surface area contributed by atoms with Gasteiger partial charge in [0, 0.05) is 13.5 Å². The fourth-order valence-electron chi connectivity index (χ4n) is 0.673. The molecule has 6 nitrogen and oxygen atoms in total. The molecule has 0 aromatic carbocycles. The first-order valence-corrected chi connectivity index (χ1v) is 5.14. The van der Waals surface area contributed by atoms with Crippen molar-refractivity contribution in [2.75, 3.05) is 20.7 Å². The van der Waals surface area contributed by atoms with Gasteiger partial charge in [-0.25, -0.2) is 0 Å². The molecule has 0 saturated heterocycles. The average Bonchev–Trinajstić information content (AvgIpc) is 2.35. The first-order valence-electron chi connectivity index (χ1n) is 5.14. The van der Waals surface area contributed by atoms with Gasteiger partial charge in [-0.05, 0) is 0 Å². The highest BCUT2D eigenvalue weighted by molar-refractivity contribution is 5.86. The zero-order valence-corrected chi connectivity index (χ0v) is 10.3. The van der Waals surface area contributed by atoms with Crippen LogP contribution in [0.4, 0.5) is 0 Å². The number of hydrogen-bond acceptors (Lipinski definition) is 4. The molecule has 0 bridgehead atoms. The average molecular weight is 232 g/mol. The van der Waals surface area contributed by atoms with Crippen molar-refractivity contribution >= 4 is 17.8 Å². The molecular weight excluding hydrogens is 212 g/mol. The third-order valence-electron chi connectivity index (χ3n) is 1.51. The van der Waals surface area contributed by atoms with E-state index < -0.39 is 5.97 Å². The number of nitrogens with one attached hydrogen (secondary N) is 2. The Labute approximate surface area is 95.7 Å². The van der Waals surface area contributed by atoms with Crippen LogP contribution >= 0.6 is 0 Å². The van der Waals surface area contributed by atoms with Gasteiger partial charge in [0.1, 0.15) is 0 Å². The van der Waals surface area contributed by atoms with Gasteiger partial charge in [-0.1, -0.05) is 13.8 Å². The van der Waals surface area contributed by atoms with Gasteiger partial charge in [-0.15, -0.1) is 0 Å². The SMILES string of the molecule is CC.CNC(=O)CNC(=O)CCC(=O)OC. The van der Waals surface area contributed by atoms with Crippen molar-refractivity contribution in [2.24, 2.45) is 0 Å². The Morgan fingerprint density at radius 1 is 1.06 bits per heavy atom. The normalized spacial score (nSPS) is 8.25. The molecule has 0 aromatic rings. The molecular formula is C10H20N2O4. The summed E-state index contributed by atoms with van der Waals surface area (Å²) in [6.45, 7) is 3.93. The Kier molecular flexibility index (Phi) is 12.1. The van der Waals surface area contributed by atoms with E-state index in [9.17, 15) is 14.4 Å². The number of likely N-dealkylation sites (N-methyl/N-ethyl adjacent to an activating group) is 1. The summed E-state index contributed by atoms with van der Waals surface area (Å²) in [4.78, 5) is 32.3. The molecule has 94 valence electrons. The molecule has 0 radical (unpaired) electrons. The van der Waals surface area contributed by atoms with E-state index in [0.29, 0.717) is 0 Å². The molecule has 0 heterocycles. The van der Waals surface area contributed by atoms with Gasteiger partial charge in [-0.2, -0.15) is 0 Å². The molecule has 0 unspecified atom stereocenters. The second-order valence-corrected chi connectivity index (χ2v) is 2.53. The standard InChI is InChI=1S/C8H14N2O4.C2H6/c1-9-7(12)5-10-6(11)3-4-8(13)14-2;1-2/h3-5H2,1-2H3,(H,9,12)(H,10,11);1-2H3. The van der Waals surface area contributed by atoms with Crippen LogP contribution in [0.5, 0.6) is 0 Å². The molecule has 0 aliphatic rings. The maximum absolute atomic E-state index is 11.0. The number of hydrogen-bond donors (Lipinski definition) is 2. The van der Waals surface area contributed by atoms with Gasteiger partial charge >= 0.3 is 5.97 Å². The summed E-state index contributed by atoms with van der Waals surface area (Å²) in [5, 5.41) is 4.71. The van der Waals surface area contributed by atoms with Gasteiger partial charge in [0.2, 0.25) is 11.8 Å². The van der Waals surface area contributed by atoms with Crippen LogP contribution in [0.3, 0.4) is 0 Å². The van der Waals surface area contributed by atoms with E-state index in [2.05, 4.69) is 15.4 Å². The van der Waals surface area contributed by atoms with E-state index in [4.69, 9.17) is 0 Å². The fourth-order valence-corrected chi connectivity index (χ4v) is 0.673. The van der Waals surface area contributed by atoms with Crippen molar-refractivity contribution < 1.29 is 19.1 Å². The summed E-state index contributed by atoms with van der Waals surface area (Å²) in [5.74, 6) is -1.07. The maximum atomic E-state index is 11.0. The Morgan fingerprint density at radius 3 is 2.06 bits per heavy atom. The molecule has 16 heavy (non-hydrogen) atoms. The lowest BCUT2D eigenvalue weighted by molar-refractivity contribution is -0.142. The van der Waals surface area contributed by atoms with E-state index >= 15 is 0 Å². The summed E-state index contributed by atoms with van der Waals surface area (Å²) in [5.41, 5.74) is 0. The van der Waals surface area contributed by atoms with Gasteiger partial charge in [0.15, 0.2) is 0 Å². The van der Waals surface area contributed by atoms with Gasteiger partial charge in [-0.3, -0.25) is 14.4 Å². The highest BCUT2D eigenvalue weighted by Gasteiger charge is 2.07. The van der Waals surface area contributed by atoms with Gasteiger partial charge < -0.3 is 15.4 Å². The molecule has 0 spiro atoms. The lowest BCUT2D eigenvalue weighted by atomic mass is 10.3. The van der Waals surface area contributed by atoms with Crippen LogP contribution in [-0.4, -0.2) is 38.5 Å². The lowest BCUT2D eigenvalue weighted by Crippen LogP contribution is -2.35. The van der Waals surface area contributed by atoms with E-state index in [1.165, 1.54) is 14.2 Å². The number of methoxy groups -OCH3 is 1. The molecule has 0 fully saturated rings. The van der Waals surface area contributed by atoms with E-state index in [0.717, 1.165) is 0 Å². The lowest BCUT2D eigenvalue weighted by Gasteiger charge is -2.03. The molecule has 0 saturated carbocycles. The van der Waals surface area contributed by atoms with Crippen LogP contribution < -0.4 is 10.6 Å². The van der Waals surface area contributed by atoms with Gasteiger partial charge in [0.25, 0.3) is 0 Å². The zero-order valence-electron chi connectivity index (χ0n) is 10.3. The molecule has 2 N–H and O–H groups in total. The Hall–Kier alpha value is -1.59. The van der Waals surface area contributed by atoms with Crippen molar-refractivity contribution in [3.8, 4) is 0 Å². The van der Waals surface area contributed by atoms with Crippen LogP contribution in [0.25, 0.3) is 0 Å². The number of amides is 2. The third kappa shape index (κ3) is 10.5. The number of ether oxygens (including phenoxy) is 1.